The number of nitrogens with one attached hydrogen (secondary N) is 1. The van der Waals surface area contributed by atoms with Crippen LogP contribution in [0, 0.1) is 0 Å². The lowest BCUT2D eigenvalue weighted by Crippen LogP contribution is -2.28. The molecule has 21 heavy (non-hydrogen) atoms. The van der Waals surface area contributed by atoms with Gasteiger partial charge in [-0.25, -0.2) is 0 Å². The highest BCUT2D eigenvalue weighted by Gasteiger charge is 2.16. The Morgan fingerprint density at radius 1 is 1.19 bits per heavy atom. The first-order valence-electron chi connectivity index (χ1n) is 8.65. The van der Waals surface area contributed by atoms with Crippen LogP contribution in [0.5, 0.6) is 0 Å². The van der Waals surface area contributed by atoms with Gasteiger partial charge in [-0.3, -0.25) is 0 Å². The topological polar surface area (TPSA) is 21.3 Å². The maximum Gasteiger partial charge on any atom is 0.0576 e. The molecule has 0 aliphatic carbocycles. The number of rotatable bonds is 9. The summed E-state index contributed by atoms with van der Waals surface area (Å²) in [6.45, 7) is 6.51. The molecule has 0 radical (unpaired) electrons. The van der Waals surface area contributed by atoms with Crippen LogP contribution in [0.3, 0.4) is 0 Å². The van der Waals surface area contributed by atoms with E-state index in [1.807, 2.05) is 0 Å². The highest BCUT2D eigenvalue weighted by Crippen LogP contribution is 2.24. The first kappa shape index (κ1) is 16.5. The molecule has 0 spiro atoms. The quantitative estimate of drug-likeness (QED) is 0.675. The van der Waals surface area contributed by atoms with Crippen molar-refractivity contribution in [3.63, 3.8) is 0 Å². The average Bonchev–Trinajstić information content (AvgIpc) is 3.00. The van der Waals surface area contributed by atoms with Crippen LogP contribution in [0.4, 0.5) is 0 Å². The van der Waals surface area contributed by atoms with Crippen LogP contribution in [0.25, 0.3) is 0 Å². The molecule has 0 amide bonds. The molecule has 1 fully saturated rings. The fourth-order valence-corrected chi connectivity index (χ4v) is 3.12. The number of ether oxygens (including phenoxy) is 1. The van der Waals surface area contributed by atoms with Crippen LogP contribution < -0.4 is 5.32 Å². The zero-order valence-electron chi connectivity index (χ0n) is 13.7. The first-order chi connectivity index (χ1) is 10.3. The summed E-state index contributed by atoms with van der Waals surface area (Å²) in [7, 11) is 0. The molecule has 1 saturated heterocycles. The minimum absolute atomic E-state index is 0.550. The fourth-order valence-electron chi connectivity index (χ4n) is 3.12. The van der Waals surface area contributed by atoms with Gasteiger partial charge in [0.15, 0.2) is 0 Å². The number of hydrogen-bond donors (Lipinski definition) is 1. The third-order valence-electron chi connectivity index (χ3n) is 4.40. The minimum atomic E-state index is 0.550. The average molecular weight is 289 g/mol. The van der Waals surface area contributed by atoms with Crippen molar-refractivity contribution in [2.75, 3.05) is 13.2 Å². The lowest BCUT2D eigenvalue weighted by Gasteiger charge is -2.20. The van der Waals surface area contributed by atoms with Gasteiger partial charge in [-0.2, -0.15) is 0 Å². The second kappa shape index (κ2) is 9.22. The van der Waals surface area contributed by atoms with E-state index in [-0.39, 0.29) is 0 Å². The van der Waals surface area contributed by atoms with E-state index in [0.717, 1.165) is 13.2 Å². The van der Waals surface area contributed by atoms with Crippen LogP contribution in [0.2, 0.25) is 0 Å². The Kier molecular flexibility index (Phi) is 7.25. The van der Waals surface area contributed by atoms with Gasteiger partial charge in [0.1, 0.15) is 0 Å². The molecule has 1 N–H and O–H groups in total. The van der Waals surface area contributed by atoms with Gasteiger partial charge >= 0.3 is 0 Å². The van der Waals surface area contributed by atoms with Gasteiger partial charge < -0.3 is 10.1 Å². The number of unbranched alkanes of at least 4 members (excludes halogenated alkanes) is 1. The van der Waals surface area contributed by atoms with E-state index in [0.29, 0.717) is 18.1 Å². The maximum atomic E-state index is 5.71. The summed E-state index contributed by atoms with van der Waals surface area (Å²) in [4.78, 5) is 0. The summed E-state index contributed by atoms with van der Waals surface area (Å²) < 4.78 is 5.71. The largest absolute Gasteiger partial charge is 0.378 e. The van der Waals surface area contributed by atoms with Crippen molar-refractivity contribution >= 4 is 0 Å². The van der Waals surface area contributed by atoms with Gasteiger partial charge in [0.05, 0.1) is 6.10 Å². The van der Waals surface area contributed by atoms with Crippen LogP contribution in [0.1, 0.15) is 63.9 Å². The second-order valence-corrected chi connectivity index (χ2v) is 6.59. The Labute approximate surface area is 130 Å². The fraction of sp³-hybridized carbons (Fsp3) is 0.684. The summed E-state index contributed by atoms with van der Waals surface area (Å²) in [6, 6.07) is 11.5. The van der Waals surface area contributed by atoms with Gasteiger partial charge in [0.25, 0.3) is 0 Å². The predicted octanol–water partition coefficient (Wildman–Crippen LogP) is 4.51. The molecule has 0 aromatic heterocycles. The van der Waals surface area contributed by atoms with Gasteiger partial charge in [0.2, 0.25) is 0 Å². The van der Waals surface area contributed by atoms with E-state index in [2.05, 4.69) is 49.5 Å². The number of hydrogen-bond acceptors (Lipinski definition) is 2. The molecule has 1 heterocycles. The molecule has 1 aliphatic heterocycles. The Hall–Kier alpha value is -0.860. The predicted molar refractivity (Wildman–Crippen MR) is 89.8 cm³/mol. The first-order valence-corrected chi connectivity index (χ1v) is 8.65. The lowest BCUT2D eigenvalue weighted by molar-refractivity contribution is 0.102. The van der Waals surface area contributed by atoms with E-state index in [1.54, 1.807) is 0 Å². The van der Waals surface area contributed by atoms with Crippen molar-refractivity contribution in [3.05, 3.63) is 35.9 Å². The van der Waals surface area contributed by atoms with Crippen molar-refractivity contribution in [2.24, 2.45) is 0 Å². The summed E-state index contributed by atoms with van der Waals surface area (Å²) >= 11 is 0. The molecule has 2 rings (SSSR count). The van der Waals surface area contributed by atoms with E-state index in [1.165, 1.54) is 44.1 Å². The van der Waals surface area contributed by atoms with Gasteiger partial charge in [-0.1, -0.05) is 57.0 Å². The number of benzene rings is 1. The minimum Gasteiger partial charge on any atom is -0.378 e. The van der Waals surface area contributed by atoms with Crippen LogP contribution >= 0.6 is 0 Å². The molecule has 2 heteroatoms. The van der Waals surface area contributed by atoms with E-state index in [9.17, 15) is 0 Å². The van der Waals surface area contributed by atoms with Crippen molar-refractivity contribution in [1.29, 1.82) is 0 Å². The Balaban J connectivity index is 1.75. The molecule has 2 atom stereocenters. The maximum absolute atomic E-state index is 5.71. The summed E-state index contributed by atoms with van der Waals surface area (Å²) in [5.41, 5.74) is 1.47. The van der Waals surface area contributed by atoms with Gasteiger partial charge in [0, 0.05) is 19.2 Å². The highest BCUT2D eigenvalue weighted by atomic mass is 16.5. The lowest BCUT2D eigenvalue weighted by atomic mass is 9.92. The van der Waals surface area contributed by atoms with Crippen LogP contribution in [-0.2, 0) is 4.74 Å². The molecule has 2 unspecified atom stereocenters. The molecule has 0 bridgehead atoms. The highest BCUT2D eigenvalue weighted by molar-refractivity contribution is 5.19. The van der Waals surface area contributed by atoms with E-state index >= 15 is 0 Å². The zero-order chi connectivity index (χ0) is 14.9. The van der Waals surface area contributed by atoms with E-state index < -0.39 is 0 Å². The monoisotopic (exact) mass is 289 g/mol. The molecule has 2 nitrogen and oxygen atoms in total. The smallest absolute Gasteiger partial charge is 0.0576 e. The van der Waals surface area contributed by atoms with Crippen molar-refractivity contribution < 1.29 is 4.74 Å². The van der Waals surface area contributed by atoms with Gasteiger partial charge in [-0.05, 0) is 37.2 Å². The molecule has 1 aliphatic rings. The van der Waals surface area contributed by atoms with Crippen molar-refractivity contribution in [3.8, 4) is 0 Å². The summed E-state index contributed by atoms with van der Waals surface area (Å²) in [6.07, 6.45) is 8.21. The Morgan fingerprint density at radius 3 is 2.67 bits per heavy atom. The zero-order valence-corrected chi connectivity index (χ0v) is 13.7. The molecule has 0 saturated carbocycles. The summed E-state index contributed by atoms with van der Waals surface area (Å²) in [5.74, 6) is 0.637. The molecule has 118 valence electrons. The van der Waals surface area contributed by atoms with Crippen LogP contribution in [0.15, 0.2) is 30.3 Å². The molecule has 1 aromatic carbocycles. The third-order valence-corrected chi connectivity index (χ3v) is 4.40. The van der Waals surface area contributed by atoms with Crippen LogP contribution in [-0.4, -0.2) is 25.3 Å². The Morgan fingerprint density at radius 2 is 2.00 bits per heavy atom. The third kappa shape index (κ3) is 6.19. The molecular weight excluding hydrogens is 258 g/mol. The SMILES string of the molecule is CC(C)NCC(CCCCC1CCCO1)c1ccccc1. The van der Waals surface area contributed by atoms with Crippen molar-refractivity contribution in [1.82, 2.24) is 5.32 Å². The molecular formula is C19H31NO. The van der Waals surface area contributed by atoms with Gasteiger partial charge in [-0.15, -0.1) is 0 Å². The summed E-state index contributed by atoms with van der Waals surface area (Å²) in [5, 5.41) is 3.60. The Bertz CT molecular complexity index is 370. The van der Waals surface area contributed by atoms with E-state index in [4.69, 9.17) is 4.74 Å². The molecule has 1 aromatic rings. The standard InChI is InChI=1S/C19H31NO/c1-16(2)20-15-18(17-9-4-3-5-10-17)11-6-7-12-19-13-8-14-21-19/h3-5,9-10,16,18-20H,6-8,11-15H2,1-2H3. The van der Waals surface area contributed by atoms with Crippen molar-refractivity contribution in [2.45, 2.75) is 70.4 Å². The normalized spacial score (nSPS) is 20.0. The second-order valence-electron chi connectivity index (χ2n) is 6.59.